The molecule has 2 heteroatoms. The van der Waals surface area contributed by atoms with Crippen molar-refractivity contribution in [1.82, 2.24) is 0 Å². The Morgan fingerprint density at radius 1 is 0.952 bits per heavy atom. The minimum Gasteiger partial charge on any atom is -0.492 e. The molecule has 21 heavy (non-hydrogen) atoms. The number of benzene rings is 2. The lowest BCUT2D eigenvalue weighted by atomic mass is 10.0. The van der Waals surface area contributed by atoms with Crippen LogP contribution in [0.2, 0.25) is 0 Å². The van der Waals surface area contributed by atoms with Gasteiger partial charge in [-0.05, 0) is 31.0 Å². The highest BCUT2D eigenvalue weighted by atomic mass is 16.5. The molecule has 0 aliphatic rings. The van der Waals surface area contributed by atoms with Gasteiger partial charge in [-0.15, -0.1) is 0 Å². The third kappa shape index (κ3) is 4.52. The zero-order valence-corrected chi connectivity index (χ0v) is 13.0. The van der Waals surface area contributed by atoms with E-state index in [1.54, 1.807) is 0 Å². The van der Waals surface area contributed by atoms with Crippen molar-refractivity contribution in [2.45, 2.75) is 39.2 Å². The third-order valence-corrected chi connectivity index (χ3v) is 3.56. The van der Waals surface area contributed by atoms with Crippen LogP contribution in [0, 0.1) is 0 Å². The first-order chi connectivity index (χ1) is 10.3. The molecule has 0 bridgehead atoms. The van der Waals surface area contributed by atoms with Crippen LogP contribution in [0.25, 0.3) is 0 Å². The van der Waals surface area contributed by atoms with Crippen molar-refractivity contribution in [3.8, 4) is 5.75 Å². The van der Waals surface area contributed by atoms with E-state index in [0.717, 1.165) is 17.9 Å². The predicted molar refractivity (Wildman–Crippen MR) is 89.9 cm³/mol. The highest BCUT2D eigenvalue weighted by molar-refractivity contribution is 5.57. The number of para-hydroxylation sites is 2. The number of ether oxygens (including phenoxy) is 1. The van der Waals surface area contributed by atoms with Crippen LogP contribution in [0.1, 0.15) is 44.7 Å². The number of anilines is 1. The SMILES string of the molecule is CCCCC(Nc1ccccc1OCC)c1ccccc1. The first-order valence-corrected chi connectivity index (χ1v) is 7.88. The third-order valence-electron chi connectivity index (χ3n) is 3.56. The normalized spacial score (nSPS) is 11.9. The summed E-state index contributed by atoms with van der Waals surface area (Å²) in [7, 11) is 0. The van der Waals surface area contributed by atoms with Crippen molar-refractivity contribution >= 4 is 5.69 Å². The van der Waals surface area contributed by atoms with Gasteiger partial charge in [0.1, 0.15) is 5.75 Å². The monoisotopic (exact) mass is 283 g/mol. The molecule has 0 spiro atoms. The Labute approximate surface area is 128 Å². The molecular formula is C19H25NO. The van der Waals surface area contributed by atoms with E-state index < -0.39 is 0 Å². The van der Waals surface area contributed by atoms with E-state index >= 15 is 0 Å². The van der Waals surface area contributed by atoms with E-state index in [2.05, 4.69) is 48.6 Å². The minimum atomic E-state index is 0.327. The predicted octanol–water partition coefficient (Wildman–Crippen LogP) is 5.43. The summed E-state index contributed by atoms with van der Waals surface area (Å²) in [5.74, 6) is 0.928. The molecule has 0 saturated carbocycles. The first kappa shape index (κ1) is 15.4. The second-order valence-electron chi connectivity index (χ2n) is 5.18. The van der Waals surface area contributed by atoms with Gasteiger partial charge in [-0.1, -0.05) is 62.2 Å². The van der Waals surface area contributed by atoms with E-state index in [-0.39, 0.29) is 0 Å². The first-order valence-electron chi connectivity index (χ1n) is 7.88. The molecule has 1 atom stereocenters. The van der Waals surface area contributed by atoms with Gasteiger partial charge in [-0.25, -0.2) is 0 Å². The summed E-state index contributed by atoms with van der Waals surface area (Å²) < 4.78 is 5.72. The Kier molecular flexibility index (Phi) is 6.14. The average Bonchev–Trinajstić information content (AvgIpc) is 2.54. The Bertz CT molecular complexity index is 524. The molecule has 0 amide bonds. The van der Waals surface area contributed by atoms with Crippen molar-refractivity contribution < 1.29 is 4.74 Å². The fraction of sp³-hybridized carbons (Fsp3) is 0.368. The summed E-state index contributed by atoms with van der Waals surface area (Å²) in [6, 6.07) is 19.1. The Morgan fingerprint density at radius 2 is 1.67 bits per heavy atom. The maximum Gasteiger partial charge on any atom is 0.142 e. The van der Waals surface area contributed by atoms with Gasteiger partial charge in [0.05, 0.1) is 18.3 Å². The topological polar surface area (TPSA) is 21.3 Å². The molecule has 0 aromatic heterocycles. The summed E-state index contributed by atoms with van der Waals surface area (Å²) >= 11 is 0. The van der Waals surface area contributed by atoms with Crippen molar-refractivity contribution in [2.75, 3.05) is 11.9 Å². The lowest BCUT2D eigenvalue weighted by Crippen LogP contribution is -2.11. The average molecular weight is 283 g/mol. The fourth-order valence-electron chi connectivity index (χ4n) is 2.47. The Morgan fingerprint density at radius 3 is 2.38 bits per heavy atom. The van der Waals surface area contributed by atoms with Crippen LogP contribution in [-0.4, -0.2) is 6.61 Å². The number of rotatable bonds is 8. The molecule has 0 saturated heterocycles. The molecule has 1 unspecified atom stereocenters. The summed E-state index contributed by atoms with van der Waals surface area (Å²) in [5.41, 5.74) is 2.40. The van der Waals surface area contributed by atoms with E-state index in [1.807, 2.05) is 25.1 Å². The van der Waals surface area contributed by atoms with Crippen LogP contribution in [0.4, 0.5) is 5.69 Å². The van der Waals surface area contributed by atoms with Gasteiger partial charge in [0, 0.05) is 0 Å². The van der Waals surface area contributed by atoms with Crippen molar-refractivity contribution in [2.24, 2.45) is 0 Å². The molecule has 2 aromatic rings. The maximum absolute atomic E-state index is 5.72. The Hall–Kier alpha value is -1.96. The summed E-state index contributed by atoms with van der Waals surface area (Å²) in [5, 5.41) is 3.66. The second kappa shape index (κ2) is 8.35. The summed E-state index contributed by atoms with van der Waals surface area (Å²) in [4.78, 5) is 0. The molecule has 0 radical (unpaired) electrons. The van der Waals surface area contributed by atoms with E-state index in [0.29, 0.717) is 12.6 Å². The standard InChI is InChI=1S/C19H25NO/c1-3-5-13-17(16-11-7-6-8-12-16)20-18-14-9-10-15-19(18)21-4-2/h6-12,14-15,17,20H,3-5,13H2,1-2H3. The van der Waals surface area contributed by atoms with Gasteiger partial charge >= 0.3 is 0 Å². The van der Waals surface area contributed by atoms with Gasteiger partial charge in [-0.3, -0.25) is 0 Å². The molecule has 0 aliphatic heterocycles. The van der Waals surface area contributed by atoms with Crippen LogP contribution >= 0.6 is 0 Å². The van der Waals surface area contributed by atoms with Crippen LogP contribution in [0.5, 0.6) is 5.75 Å². The van der Waals surface area contributed by atoms with Gasteiger partial charge in [-0.2, -0.15) is 0 Å². The number of nitrogens with one attached hydrogen (secondary N) is 1. The Balaban J connectivity index is 2.19. The van der Waals surface area contributed by atoms with E-state index in [1.165, 1.54) is 18.4 Å². The highest BCUT2D eigenvalue weighted by Crippen LogP contribution is 2.30. The van der Waals surface area contributed by atoms with Crippen LogP contribution < -0.4 is 10.1 Å². The van der Waals surface area contributed by atoms with Crippen molar-refractivity contribution in [3.63, 3.8) is 0 Å². The minimum absolute atomic E-state index is 0.327. The summed E-state index contributed by atoms with van der Waals surface area (Å²) in [6.45, 7) is 4.93. The molecule has 0 aliphatic carbocycles. The second-order valence-corrected chi connectivity index (χ2v) is 5.18. The molecule has 2 nitrogen and oxygen atoms in total. The maximum atomic E-state index is 5.72. The largest absolute Gasteiger partial charge is 0.492 e. The van der Waals surface area contributed by atoms with Crippen molar-refractivity contribution in [3.05, 3.63) is 60.2 Å². The molecule has 112 valence electrons. The molecule has 2 aromatic carbocycles. The van der Waals surface area contributed by atoms with Crippen LogP contribution in [-0.2, 0) is 0 Å². The van der Waals surface area contributed by atoms with Gasteiger partial charge in [0.15, 0.2) is 0 Å². The van der Waals surface area contributed by atoms with Gasteiger partial charge in [0.2, 0.25) is 0 Å². The lowest BCUT2D eigenvalue weighted by molar-refractivity contribution is 0.341. The molecule has 0 heterocycles. The quantitative estimate of drug-likeness (QED) is 0.697. The lowest BCUT2D eigenvalue weighted by Gasteiger charge is -2.22. The molecule has 0 fully saturated rings. The van der Waals surface area contributed by atoms with Crippen LogP contribution in [0.3, 0.4) is 0 Å². The smallest absolute Gasteiger partial charge is 0.142 e. The number of unbranched alkanes of at least 4 members (excludes halogenated alkanes) is 1. The molecule has 1 N–H and O–H groups in total. The zero-order chi connectivity index (χ0) is 14.9. The number of hydrogen-bond donors (Lipinski definition) is 1. The zero-order valence-electron chi connectivity index (χ0n) is 13.0. The van der Waals surface area contributed by atoms with E-state index in [4.69, 9.17) is 4.74 Å². The van der Waals surface area contributed by atoms with Gasteiger partial charge in [0.25, 0.3) is 0 Å². The number of hydrogen-bond acceptors (Lipinski definition) is 2. The highest BCUT2D eigenvalue weighted by Gasteiger charge is 2.12. The van der Waals surface area contributed by atoms with Gasteiger partial charge < -0.3 is 10.1 Å². The molecule has 2 rings (SSSR count). The fourth-order valence-corrected chi connectivity index (χ4v) is 2.47. The summed E-state index contributed by atoms with van der Waals surface area (Å²) in [6.07, 6.45) is 3.54. The van der Waals surface area contributed by atoms with Crippen molar-refractivity contribution in [1.29, 1.82) is 0 Å². The van der Waals surface area contributed by atoms with E-state index in [9.17, 15) is 0 Å². The van der Waals surface area contributed by atoms with Crippen LogP contribution in [0.15, 0.2) is 54.6 Å². The molecular weight excluding hydrogens is 258 g/mol.